The quantitative estimate of drug-likeness (QED) is 0.742. The van der Waals surface area contributed by atoms with Crippen LogP contribution in [0.3, 0.4) is 0 Å². The van der Waals surface area contributed by atoms with Crippen LogP contribution in [0.1, 0.15) is 40.0 Å². The molecule has 1 saturated carbocycles. The zero-order valence-electron chi connectivity index (χ0n) is 10.6. The van der Waals surface area contributed by atoms with Crippen LogP contribution in [0.25, 0.3) is 0 Å². The Morgan fingerprint density at radius 1 is 1.47 bits per heavy atom. The maximum absolute atomic E-state index is 9.21. The van der Waals surface area contributed by atoms with E-state index < -0.39 is 0 Å². The molecule has 1 fully saturated rings. The number of aliphatic hydroxyl groups is 1. The lowest BCUT2D eigenvalue weighted by Crippen LogP contribution is -2.44. The smallest absolute Gasteiger partial charge is 0.0611 e. The lowest BCUT2D eigenvalue weighted by Gasteiger charge is -2.32. The van der Waals surface area contributed by atoms with Crippen LogP contribution in [-0.2, 0) is 0 Å². The van der Waals surface area contributed by atoms with Crippen molar-refractivity contribution >= 4 is 0 Å². The number of aliphatic hydroxyl groups excluding tert-OH is 1. The van der Waals surface area contributed by atoms with E-state index in [1.54, 1.807) is 0 Å². The second-order valence-electron chi connectivity index (χ2n) is 6.39. The van der Waals surface area contributed by atoms with E-state index >= 15 is 0 Å². The molecule has 2 unspecified atom stereocenters. The molecule has 15 heavy (non-hydrogen) atoms. The molecule has 1 aliphatic carbocycles. The molecule has 0 saturated heterocycles. The third-order valence-electron chi connectivity index (χ3n) is 3.28. The van der Waals surface area contributed by atoms with Gasteiger partial charge in [0, 0.05) is 18.1 Å². The van der Waals surface area contributed by atoms with E-state index in [1.807, 2.05) is 0 Å². The van der Waals surface area contributed by atoms with Crippen LogP contribution in [0.4, 0.5) is 0 Å². The Labute approximate surface area is 93.6 Å². The summed E-state index contributed by atoms with van der Waals surface area (Å²) < 4.78 is 0. The van der Waals surface area contributed by atoms with Gasteiger partial charge in [0.2, 0.25) is 0 Å². The van der Waals surface area contributed by atoms with Crippen molar-refractivity contribution in [2.45, 2.75) is 51.6 Å². The van der Waals surface area contributed by atoms with Gasteiger partial charge in [-0.25, -0.2) is 0 Å². The van der Waals surface area contributed by atoms with Crippen LogP contribution in [0.15, 0.2) is 0 Å². The van der Waals surface area contributed by atoms with Crippen molar-refractivity contribution < 1.29 is 5.11 Å². The first kappa shape index (κ1) is 12.9. The van der Waals surface area contributed by atoms with Crippen LogP contribution in [0.2, 0.25) is 0 Å². The van der Waals surface area contributed by atoms with Gasteiger partial charge in [0.05, 0.1) is 6.61 Å². The Balaban J connectivity index is 2.47. The van der Waals surface area contributed by atoms with Crippen molar-refractivity contribution in [2.24, 2.45) is 11.1 Å². The first-order valence-electron chi connectivity index (χ1n) is 5.86. The predicted octanol–water partition coefficient (Wildman–Crippen LogP) is 1.21. The molecule has 0 aromatic rings. The molecule has 0 heterocycles. The second-order valence-corrected chi connectivity index (χ2v) is 6.39. The molecule has 0 spiro atoms. The molecule has 0 aliphatic heterocycles. The van der Waals surface area contributed by atoms with Crippen molar-refractivity contribution in [1.82, 2.24) is 4.90 Å². The third-order valence-corrected chi connectivity index (χ3v) is 3.28. The average molecular weight is 214 g/mol. The molecule has 3 heteroatoms. The number of hydrogen-bond donors (Lipinski definition) is 2. The predicted molar refractivity (Wildman–Crippen MR) is 63.7 cm³/mol. The number of rotatable bonds is 3. The molecule has 1 rings (SSSR count). The van der Waals surface area contributed by atoms with Gasteiger partial charge in [-0.2, -0.15) is 0 Å². The lowest BCUT2D eigenvalue weighted by molar-refractivity contribution is 0.154. The van der Waals surface area contributed by atoms with Crippen molar-refractivity contribution in [2.75, 3.05) is 20.2 Å². The van der Waals surface area contributed by atoms with Crippen molar-refractivity contribution in [3.05, 3.63) is 0 Å². The van der Waals surface area contributed by atoms with E-state index in [-0.39, 0.29) is 12.1 Å². The molecular weight excluding hydrogens is 188 g/mol. The molecular formula is C12H26N2O. The van der Waals surface area contributed by atoms with Gasteiger partial charge in [-0.1, -0.05) is 20.8 Å². The van der Waals surface area contributed by atoms with Crippen LogP contribution in [0, 0.1) is 5.41 Å². The lowest BCUT2D eigenvalue weighted by atomic mass is 9.95. The Morgan fingerprint density at radius 2 is 2.07 bits per heavy atom. The van der Waals surface area contributed by atoms with Gasteiger partial charge >= 0.3 is 0 Å². The summed E-state index contributed by atoms with van der Waals surface area (Å²) in [7, 11) is 2.17. The largest absolute Gasteiger partial charge is 0.394 e. The molecule has 1 aliphatic rings. The van der Waals surface area contributed by atoms with Gasteiger partial charge < -0.3 is 15.7 Å². The van der Waals surface area contributed by atoms with E-state index in [0.717, 1.165) is 25.8 Å². The summed E-state index contributed by atoms with van der Waals surface area (Å²) in [6, 6.07) is 0.543. The minimum atomic E-state index is -0.323. The molecule has 2 atom stereocenters. The highest BCUT2D eigenvalue weighted by Gasteiger charge is 2.37. The van der Waals surface area contributed by atoms with Gasteiger partial charge in [-0.3, -0.25) is 0 Å². The molecule has 90 valence electrons. The highest BCUT2D eigenvalue weighted by Crippen LogP contribution is 2.31. The molecule has 3 nitrogen and oxygen atoms in total. The van der Waals surface area contributed by atoms with E-state index in [0.29, 0.717) is 11.5 Å². The van der Waals surface area contributed by atoms with Crippen LogP contribution in [-0.4, -0.2) is 41.8 Å². The van der Waals surface area contributed by atoms with Gasteiger partial charge in [-0.05, 0) is 31.7 Å². The van der Waals surface area contributed by atoms with Gasteiger partial charge in [0.15, 0.2) is 0 Å². The summed E-state index contributed by atoms with van der Waals surface area (Å²) in [5.74, 6) is 0. The first-order chi connectivity index (χ1) is 6.76. The molecule has 0 amide bonds. The fraction of sp³-hybridized carbons (Fsp3) is 1.00. The number of nitrogens with two attached hydrogens (primary N) is 1. The fourth-order valence-electron chi connectivity index (χ4n) is 2.52. The minimum absolute atomic E-state index is 0.118. The van der Waals surface area contributed by atoms with Gasteiger partial charge in [0.1, 0.15) is 0 Å². The minimum Gasteiger partial charge on any atom is -0.394 e. The summed E-state index contributed by atoms with van der Waals surface area (Å²) in [5, 5.41) is 9.21. The summed E-state index contributed by atoms with van der Waals surface area (Å²) in [6.45, 7) is 7.95. The summed E-state index contributed by atoms with van der Waals surface area (Å²) in [6.07, 6.45) is 2.99. The highest BCUT2D eigenvalue weighted by molar-refractivity contribution is 4.96. The molecule has 0 bridgehead atoms. The number of hydrogen-bond acceptors (Lipinski definition) is 3. The normalized spacial score (nSPS) is 32.6. The summed E-state index contributed by atoms with van der Waals surface area (Å²) in [5.41, 5.74) is 6.08. The van der Waals surface area contributed by atoms with Crippen molar-refractivity contribution in [1.29, 1.82) is 0 Å². The van der Waals surface area contributed by atoms with Gasteiger partial charge in [-0.15, -0.1) is 0 Å². The Hall–Kier alpha value is -0.120. The van der Waals surface area contributed by atoms with E-state index in [1.165, 1.54) is 0 Å². The summed E-state index contributed by atoms with van der Waals surface area (Å²) in [4.78, 5) is 2.39. The molecule has 0 radical (unpaired) electrons. The van der Waals surface area contributed by atoms with Crippen LogP contribution in [0.5, 0.6) is 0 Å². The molecule has 3 N–H and O–H groups in total. The van der Waals surface area contributed by atoms with Crippen molar-refractivity contribution in [3.8, 4) is 0 Å². The van der Waals surface area contributed by atoms with Crippen LogP contribution >= 0.6 is 0 Å². The zero-order chi connectivity index (χ0) is 11.7. The van der Waals surface area contributed by atoms with Gasteiger partial charge in [0.25, 0.3) is 0 Å². The SMILES string of the molecule is CN(CC(C)(C)C)C1CCC(N)(CO)C1. The standard InChI is InChI=1S/C12H26N2O/c1-11(2,3)8-14(4)10-5-6-12(13,7-10)9-15/h10,15H,5-9,13H2,1-4H3. The van der Waals surface area contributed by atoms with E-state index in [2.05, 4.69) is 32.7 Å². The first-order valence-corrected chi connectivity index (χ1v) is 5.86. The topological polar surface area (TPSA) is 49.5 Å². The monoisotopic (exact) mass is 214 g/mol. The third kappa shape index (κ3) is 3.74. The summed E-state index contributed by atoms with van der Waals surface area (Å²) >= 11 is 0. The van der Waals surface area contributed by atoms with Crippen molar-refractivity contribution in [3.63, 3.8) is 0 Å². The Morgan fingerprint density at radius 3 is 2.47 bits per heavy atom. The maximum atomic E-state index is 9.21. The Bertz CT molecular complexity index is 212. The maximum Gasteiger partial charge on any atom is 0.0611 e. The fourth-order valence-corrected chi connectivity index (χ4v) is 2.52. The van der Waals surface area contributed by atoms with Crippen LogP contribution < -0.4 is 5.73 Å². The number of nitrogens with zero attached hydrogens (tertiary/aromatic N) is 1. The average Bonchev–Trinajstić information content (AvgIpc) is 2.46. The van der Waals surface area contributed by atoms with E-state index in [4.69, 9.17) is 5.73 Å². The second kappa shape index (κ2) is 4.40. The van der Waals surface area contributed by atoms with E-state index in [9.17, 15) is 5.11 Å². The molecule has 0 aromatic carbocycles. The highest BCUT2D eigenvalue weighted by atomic mass is 16.3. The zero-order valence-corrected chi connectivity index (χ0v) is 10.6. The molecule has 0 aromatic heterocycles. The Kier molecular flexibility index (Phi) is 3.80.